The van der Waals surface area contributed by atoms with Crippen molar-refractivity contribution in [2.24, 2.45) is 0 Å². The first-order chi connectivity index (χ1) is 9.25. The molecule has 0 bridgehead atoms. The third-order valence-corrected chi connectivity index (χ3v) is 4.74. The minimum atomic E-state index is -0.191. The summed E-state index contributed by atoms with van der Waals surface area (Å²) in [5.41, 5.74) is 0. The van der Waals surface area contributed by atoms with Gasteiger partial charge in [0.2, 0.25) is 0 Å². The molecular weight excluding hydrogens is 236 g/mol. The molecule has 1 aliphatic heterocycles. The molecule has 1 unspecified atom stereocenters. The Labute approximate surface area is 119 Å². The molecule has 1 N–H and O–H groups in total. The molecule has 19 heavy (non-hydrogen) atoms. The molecule has 0 aromatic carbocycles. The second-order valence-electron chi connectivity index (χ2n) is 6.54. The second kappa shape index (κ2) is 8.23. The molecule has 0 spiro atoms. The lowest BCUT2D eigenvalue weighted by molar-refractivity contribution is 0.0707. The summed E-state index contributed by atoms with van der Waals surface area (Å²) in [4.78, 5) is 5.18. The van der Waals surface area contributed by atoms with Crippen LogP contribution in [0.5, 0.6) is 0 Å². The summed E-state index contributed by atoms with van der Waals surface area (Å²) in [6.45, 7) is 7.70. The minimum absolute atomic E-state index is 0.191. The highest BCUT2D eigenvalue weighted by Gasteiger charge is 2.22. The van der Waals surface area contributed by atoms with E-state index in [-0.39, 0.29) is 6.10 Å². The zero-order valence-electron chi connectivity index (χ0n) is 12.7. The van der Waals surface area contributed by atoms with Gasteiger partial charge in [0, 0.05) is 25.7 Å². The normalized spacial score (nSPS) is 24.8. The quantitative estimate of drug-likeness (QED) is 0.802. The van der Waals surface area contributed by atoms with Crippen LogP contribution < -0.4 is 0 Å². The smallest absolute Gasteiger partial charge is 0.0639 e. The zero-order chi connectivity index (χ0) is 13.5. The van der Waals surface area contributed by atoms with Crippen molar-refractivity contribution in [2.75, 3.05) is 32.7 Å². The highest BCUT2D eigenvalue weighted by Crippen LogP contribution is 2.23. The number of aliphatic hydroxyl groups excluding tert-OH is 1. The summed E-state index contributed by atoms with van der Waals surface area (Å²) in [5, 5.41) is 9.74. The van der Waals surface area contributed by atoms with E-state index >= 15 is 0 Å². The van der Waals surface area contributed by atoms with Gasteiger partial charge in [-0.3, -0.25) is 4.90 Å². The molecule has 112 valence electrons. The number of hydrogen-bond donors (Lipinski definition) is 1. The molecule has 1 saturated carbocycles. The fourth-order valence-corrected chi connectivity index (χ4v) is 3.66. The fraction of sp³-hybridized carbons (Fsp3) is 1.00. The lowest BCUT2D eigenvalue weighted by Gasteiger charge is -2.37. The van der Waals surface area contributed by atoms with Crippen LogP contribution in [-0.2, 0) is 0 Å². The largest absolute Gasteiger partial charge is 0.392 e. The molecule has 0 aromatic heterocycles. The van der Waals surface area contributed by atoms with Crippen LogP contribution >= 0.6 is 0 Å². The number of piperidine rings is 1. The number of aliphatic hydroxyl groups is 1. The third-order valence-electron chi connectivity index (χ3n) is 4.74. The van der Waals surface area contributed by atoms with Gasteiger partial charge in [0.05, 0.1) is 6.10 Å². The molecule has 1 heterocycles. The van der Waals surface area contributed by atoms with E-state index in [0.29, 0.717) is 0 Å². The maximum Gasteiger partial charge on any atom is 0.0639 e. The van der Waals surface area contributed by atoms with Crippen LogP contribution in [0.25, 0.3) is 0 Å². The van der Waals surface area contributed by atoms with Gasteiger partial charge in [0.15, 0.2) is 0 Å². The average molecular weight is 268 g/mol. The van der Waals surface area contributed by atoms with Crippen molar-refractivity contribution < 1.29 is 5.11 Å². The van der Waals surface area contributed by atoms with Crippen molar-refractivity contribution in [1.82, 2.24) is 9.80 Å². The monoisotopic (exact) mass is 268 g/mol. The average Bonchev–Trinajstić information content (AvgIpc) is 2.45. The SMILES string of the molecule is CC(O)CN(CCN1CCCCC1)C1CCCCC1. The first-order valence-electron chi connectivity index (χ1n) is 8.40. The molecule has 0 aromatic rings. The molecule has 0 amide bonds. The Morgan fingerprint density at radius 1 is 1.05 bits per heavy atom. The predicted octanol–water partition coefficient (Wildman–Crippen LogP) is 2.49. The summed E-state index contributed by atoms with van der Waals surface area (Å²) < 4.78 is 0. The van der Waals surface area contributed by atoms with E-state index in [2.05, 4.69) is 9.80 Å². The third kappa shape index (κ3) is 5.41. The molecule has 0 radical (unpaired) electrons. The summed E-state index contributed by atoms with van der Waals surface area (Å²) >= 11 is 0. The first-order valence-corrected chi connectivity index (χ1v) is 8.40. The highest BCUT2D eigenvalue weighted by molar-refractivity contribution is 4.78. The maximum atomic E-state index is 9.74. The van der Waals surface area contributed by atoms with E-state index in [4.69, 9.17) is 0 Å². The van der Waals surface area contributed by atoms with Gasteiger partial charge < -0.3 is 10.0 Å². The van der Waals surface area contributed by atoms with Gasteiger partial charge in [-0.2, -0.15) is 0 Å². The Morgan fingerprint density at radius 3 is 2.32 bits per heavy atom. The number of likely N-dealkylation sites (tertiary alicyclic amines) is 1. The standard InChI is InChI=1S/C16H32N2O/c1-15(19)14-18(16-8-4-2-5-9-16)13-12-17-10-6-3-7-11-17/h15-16,19H,2-14H2,1H3. The Morgan fingerprint density at radius 2 is 1.68 bits per heavy atom. The van der Waals surface area contributed by atoms with Gasteiger partial charge in [-0.15, -0.1) is 0 Å². The van der Waals surface area contributed by atoms with Gasteiger partial charge in [0.25, 0.3) is 0 Å². The Kier molecular flexibility index (Phi) is 6.62. The predicted molar refractivity (Wildman–Crippen MR) is 80.4 cm³/mol. The van der Waals surface area contributed by atoms with Crippen molar-refractivity contribution in [2.45, 2.75) is 70.4 Å². The molecule has 2 aliphatic rings. The van der Waals surface area contributed by atoms with Crippen molar-refractivity contribution in [1.29, 1.82) is 0 Å². The number of nitrogens with zero attached hydrogens (tertiary/aromatic N) is 2. The topological polar surface area (TPSA) is 26.7 Å². The Bertz CT molecular complexity index is 233. The van der Waals surface area contributed by atoms with Crippen LogP contribution in [0, 0.1) is 0 Å². The molecule has 1 atom stereocenters. The summed E-state index contributed by atoms with van der Waals surface area (Å²) in [6.07, 6.45) is 10.8. The van der Waals surface area contributed by atoms with Gasteiger partial charge in [-0.25, -0.2) is 0 Å². The molecular formula is C16H32N2O. The van der Waals surface area contributed by atoms with Crippen LogP contribution in [0.15, 0.2) is 0 Å². The van der Waals surface area contributed by atoms with Gasteiger partial charge in [-0.1, -0.05) is 25.7 Å². The Balaban J connectivity index is 1.78. The molecule has 2 fully saturated rings. The molecule has 2 rings (SSSR count). The Hall–Kier alpha value is -0.120. The highest BCUT2D eigenvalue weighted by atomic mass is 16.3. The molecule has 3 nitrogen and oxygen atoms in total. The molecule has 3 heteroatoms. The van der Waals surface area contributed by atoms with E-state index < -0.39 is 0 Å². The van der Waals surface area contributed by atoms with Gasteiger partial charge >= 0.3 is 0 Å². The van der Waals surface area contributed by atoms with E-state index in [1.807, 2.05) is 6.92 Å². The van der Waals surface area contributed by atoms with Crippen molar-refractivity contribution in [3.63, 3.8) is 0 Å². The van der Waals surface area contributed by atoms with E-state index in [0.717, 1.165) is 19.1 Å². The van der Waals surface area contributed by atoms with Crippen LogP contribution in [-0.4, -0.2) is 59.8 Å². The van der Waals surface area contributed by atoms with Crippen LogP contribution in [0.3, 0.4) is 0 Å². The van der Waals surface area contributed by atoms with Crippen molar-refractivity contribution in [3.8, 4) is 0 Å². The lowest BCUT2D eigenvalue weighted by Crippen LogP contribution is -2.45. The minimum Gasteiger partial charge on any atom is -0.392 e. The lowest BCUT2D eigenvalue weighted by atomic mass is 9.94. The summed E-state index contributed by atoms with van der Waals surface area (Å²) in [6, 6.07) is 0.730. The first kappa shape index (κ1) is 15.3. The van der Waals surface area contributed by atoms with Crippen LogP contribution in [0.2, 0.25) is 0 Å². The van der Waals surface area contributed by atoms with E-state index in [9.17, 15) is 5.11 Å². The van der Waals surface area contributed by atoms with Gasteiger partial charge in [-0.05, 0) is 45.7 Å². The number of rotatable bonds is 6. The maximum absolute atomic E-state index is 9.74. The van der Waals surface area contributed by atoms with Crippen LogP contribution in [0.1, 0.15) is 58.3 Å². The zero-order valence-corrected chi connectivity index (χ0v) is 12.7. The van der Waals surface area contributed by atoms with Crippen LogP contribution in [0.4, 0.5) is 0 Å². The van der Waals surface area contributed by atoms with Gasteiger partial charge in [0.1, 0.15) is 0 Å². The van der Waals surface area contributed by atoms with E-state index in [1.165, 1.54) is 71.0 Å². The molecule has 1 aliphatic carbocycles. The molecule has 1 saturated heterocycles. The summed E-state index contributed by atoms with van der Waals surface area (Å²) in [7, 11) is 0. The second-order valence-corrected chi connectivity index (χ2v) is 6.54. The van der Waals surface area contributed by atoms with Crippen molar-refractivity contribution >= 4 is 0 Å². The fourth-order valence-electron chi connectivity index (χ4n) is 3.66. The summed E-state index contributed by atoms with van der Waals surface area (Å²) in [5.74, 6) is 0. The van der Waals surface area contributed by atoms with E-state index in [1.54, 1.807) is 0 Å². The number of hydrogen-bond acceptors (Lipinski definition) is 3. The van der Waals surface area contributed by atoms with Crippen molar-refractivity contribution in [3.05, 3.63) is 0 Å².